The predicted octanol–water partition coefficient (Wildman–Crippen LogP) is 4.21. The molecule has 1 aliphatic rings. The van der Waals surface area contributed by atoms with Gasteiger partial charge in [0.1, 0.15) is 0 Å². The quantitative estimate of drug-likeness (QED) is 0.757. The molecule has 0 radical (unpaired) electrons. The van der Waals surface area contributed by atoms with Gasteiger partial charge in [-0.15, -0.1) is 23.7 Å². The van der Waals surface area contributed by atoms with Gasteiger partial charge in [-0.25, -0.2) is 4.98 Å². The maximum atomic E-state index is 12.9. The van der Waals surface area contributed by atoms with Gasteiger partial charge < -0.3 is 10.6 Å². The highest BCUT2D eigenvalue weighted by Crippen LogP contribution is 2.44. The van der Waals surface area contributed by atoms with Gasteiger partial charge in [-0.1, -0.05) is 18.2 Å². The molecule has 0 atom stereocenters. The van der Waals surface area contributed by atoms with Gasteiger partial charge in [-0.2, -0.15) is 13.2 Å². The van der Waals surface area contributed by atoms with Gasteiger partial charge in [0.25, 0.3) is 0 Å². The zero-order valence-corrected chi connectivity index (χ0v) is 15.7. The molecular weight excluding hydrogens is 387 g/mol. The molecular formula is C17H19ClF3N3OS. The van der Waals surface area contributed by atoms with Crippen LogP contribution >= 0.6 is 23.7 Å². The minimum absolute atomic E-state index is 0. The first kappa shape index (κ1) is 20.7. The number of rotatable bonds is 6. The number of thiazole rings is 1. The molecule has 0 unspecified atom stereocenters. The average Bonchev–Trinajstić information content (AvgIpc) is 3.30. The van der Waals surface area contributed by atoms with Crippen molar-refractivity contribution in [3.63, 3.8) is 0 Å². The Morgan fingerprint density at radius 3 is 2.69 bits per heavy atom. The molecule has 0 spiro atoms. The number of hydrogen-bond donors (Lipinski definition) is 2. The summed E-state index contributed by atoms with van der Waals surface area (Å²) in [6, 6.07) is 5.35. The Balaban J connectivity index is 0.00000243. The van der Waals surface area contributed by atoms with Gasteiger partial charge in [0.15, 0.2) is 5.13 Å². The third-order valence-electron chi connectivity index (χ3n) is 3.89. The molecule has 142 valence electrons. The number of likely N-dealkylation sites (N-methyl/N-ethyl adjacent to an activating group) is 1. The van der Waals surface area contributed by atoms with Gasteiger partial charge >= 0.3 is 6.18 Å². The molecule has 1 aromatic carbocycles. The van der Waals surface area contributed by atoms with Gasteiger partial charge in [0, 0.05) is 17.2 Å². The van der Waals surface area contributed by atoms with Crippen molar-refractivity contribution in [2.45, 2.75) is 31.4 Å². The topological polar surface area (TPSA) is 54.0 Å². The summed E-state index contributed by atoms with van der Waals surface area (Å²) in [6.07, 6.45) is -1.91. The highest BCUT2D eigenvalue weighted by atomic mass is 35.5. The number of amides is 1. The maximum Gasteiger partial charge on any atom is 0.416 e. The molecule has 1 amide bonds. The van der Waals surface area contributed by atoms with Crippen LogP contribution in [0.1, 0.15) is 40.5 Å². The molecule has 2 N–H and O–H groups in total. The molecule has 0 bridgehead atoms. The van der Waals surface area contributed by atoms with Crippen LogP contribution in [0.3, 0.4) is 0 Å². The SMILES string of the molecule is CNCC(=O)Nc1nc(C2CC2)c(Cc2cccc(C(F)(F)F)c2)s1.Cl. The molecule has 1 aromatic heterocycles. The van der Waals surface area contributed by atoms with Crippen LogP contribution < -0.4 is 10.6 Å². The zero-order valence-electron chi connectivity index (χ0n) is 14.0. The van der Waals surface area contributed by atoms with Gasteiger partial charge in [0.2, 0.25) is 5.91 Å². The molecule has 1 aliphatic carbocycles. The summed E-state index contributed by atoms with van der Waals surface area (Å²) in [7, 11) is 1.68. The Hall–Kier alpha value is -1.64. The second-order valence-corrected chi connectivity index (χ2v) is 7.14. The highest BCUT2D eigenvalue weighted by molar-refractivity contribution is 7.15. The van der Waals surface area contributed by atoms with E-state index in [9.17, 15) is 18.0 Å². The fraction of sp³-hybridized carbons (Fsp3) is 0.412. The molecule has 1 saturated carbocycles. The van der Waals surface area contributed by atoms with E-state index < -0.39 is 11.7 Å². The first-order chi connectivity index (χ1) is 11.9. The molecule has 1 heterocycles. The van der Waals surface area contributed by atoms with Crippen LogP contribution in [0, 0.1) is 0 Å². The summed E-state index contributed by atoms with van der Waals surface area (Å²) in [5.74, 6) is 0.163. The lowest BCUT2D eigenvalue weighted by molar-refractivity contribution is -0.137. The maximum absolute atomic E-state index is 12.9. The van der Waals surface area contributed by atoms with E-state index in [4.69, 9.17) is 0 Å². The minimum atomic E-state index is -4.35. The number of aromatic nitrogens is 1. The summed E-state index contributed by atoms with van der Waals surface area (Å²) in [5, 5.41) is 6.00. The first-order valence-corrected chi connectivity index (χ1v) is 8.78. The molecule has 4 nitrogen and oxygen atoms in total. The van der Waals surface area contributed by atoms with Crippen molar-refractivity contribution < 1.29 is 18.0 Å². The normalized spacial score (nSPS) is 14.0. The summed E-state index contributed by atoms with van der Waals surface area (Å²) in [4.78, 5) is 17.1. The second kappa shape index (κ2) is 8.37. The molecule has 1 fully saturated rings. The fourth-order valence-electron chi connectivity index (χ4n) is 2.59. The van der Waals surface area contributed by atoms with Crippen LogP contribution in [0.4, 0.5) is 18.3 Å². The standard InChI is InChI=1S/C17H18F3N3OS.ClH/c1-21-9-14(24)22-16-23-15(11-5-6-11)13(25-16)8-10-3-2-4-12(7-10)17(18,19)20;/h2-4,7,11,21H,5-6,8-9H2,1H3,(H,22,23,24);1H. The van der Waals surface area contributed by atoms with E-state index >= 15 is 0 Å². The Bertz CT molecular complexity index is 775. The second-order valence-electron chi connectivity index (χ2n) is 6.06. The number of carbonyl (C=O) groups excluding carboxylic acids is 1. The molecule has 0 aliphatic heterocycles. The van der Waals surface area contributed by atoms with Crippen LogP contribution in [-0.2, 0) is 17.4 Å². The fourth-order valence-corrected chi connectivity index (χ4v) is 3.68. The molecule has 0 saturated heterocycles. The lowest BCUT2D eigenvalue weighted by atomic mass is 10.1. The molecule has 2 aromatic rings. The number of hydrogen-bond acceptors (Lipinski definition) is 4. The number of nitrogens with zero attached hydrogens (tertiary/aromatic N) is 1. The minimum Gasteiger partial charge on any atom is -0.311 e. The van der Waals surface area contributed by atoms with Gasteiger partial charge in [-0.05, 0) is 31.5 Å². The monoisotopic (exact) mass is 405 g/mol. The van der Waals surface area contributed by atoms with E-state index in [-0.39, 0.29) is 24.9 Å². The van der Waals surface area contributed by atoms with Gasteiger partial charge in [-0.3, -0.25) is 4.79 Å². The number of nitrogens with one attached hydrogen (secondary N) is 2. The first-order valence-electron chi connectivity index (χ1n) is 7.97. The van der Waals surface area contributed by atoms with Crippen molar-refractivity contribution in [3.8, 4) is 0 Å². The zero-order chi connectivity index (χ0) is 18.0. The number of anilines is 1. The summed E-state index contributed by atoms with van der Waals surface area (Å²) in [5.41, 5.74) is 0.848. The lowest BCUT2D eigenvalue weighted by Crippen LogP contribution is -2.24. The summed E-state index contributed by atoms with van der Waals surface area (Å²) in [6.45, 7) is 0.182. The predicted molar refractivity (Wildman–Crippen MR) is 98.1 cm³/mol. The van der Waals surface area contributed by atoms with Crippen LogP contribution in [0.15, 0.2) is 24.3 Å². The summed E-state index contributed by atoms with van der Waals surface area (Å²) >= 11 is 1.34. The third kappa shape index (κ3) is 5.18. The van der Waals surface area contributed by atoms with E-state index in [2.05, 4.69) is 15.6 Å². The van der Waals surface area contributed by atoms with E-state index in [1.54, 1.807) is 13.1 Å². The number of benzene rings is 1. The van der Waals surface area contributed by atoms with Crippen molar-refractivity contribution in [1.29, 1.82) is 0 Å². The Morgan fingerprint density at radius 1 is 1.35 bits per heavy atom. The van der Waals surface area contributed by atoms with Crippen molar-refractivity contribution in [2.24, 2.45) is 0 Å². The number of carbonyl (C=O) groups is 1. The van der Waals surface area contributed by atoms with E-state index in [0.717, 1.165) is 29.5 Å². The molecule has 3 rings (SSSR count). The Kier molecular flexibility index (Phi) is 6.65. The van der Waals surface area contributed by atoms with Crippen molar-refractivity contribution >= 4 is 34.8 Å². The highest BCUT2D eigenvalue weighted by Gasteiger charge is 2.32. The Labute approximate surface area is 159 Å². The molecule has 26 heavy (non-hydrogen) atoms. The largest absolute Gasteiger partial charge is 0.416 e. The Morgan fingerprint density at radius 2 is 2.08 bits per heavy atom. The van der Waals surface area contributed by atoms with E-state index in [0.29, 0.717) is 23.0 Å². The smallest absolute Gasteiger partial charge is 0.311 e. The summed E-state index contributed by atoms with van der Waals surface area (Å²) < 4.78 is 38.6. The van der Waals surface area contributed by atoms with Crippen molar-refractivity contribution in [1.82, 2.24) is 10.3 Å². The third-order valence-corrected chi connectivity index (χ3v) is 4.88. The van der Waals surface area contributed by atoms with Crippen LogP contribution in [0.2, 0.25) is 0 Å². The van der Waals surface area contributed by atoms with Crippen LogP contribution in [0.25, 0.3) is 0 Å². The van der Waals surface area contributed by atoms with Gasteiger partial charge in [0.05, 0.1) is 17.8 Å². The molecule has 9 heteroatoms. The average molecular weight is 406 g/mol. The van der Waals surface area contributed by atoms with Crippen LogP contribution in [-0.4, -0.2) is 24.5 Å². The van der Waals surface area contributed by atoms with Crippen molar-refractivity contribution in [3.05, 3.63) is 46.0 Å². The number of halogens is 4. The number of alkyl halides is 3. The lowest BCUT2D eigenvalue weighted by Gasteiger charge is -2.08. The van der Waals surface area contributed by atoms with Crippen LogP contribution in [0.5, 0.6) is 0 Å². The van der Waals surface area contributed by atoms with Crippen molar-refractivity contribution in [2.75, 3.05) is 18.9 Å². The van der Waals surface area contributed by atoms with E-state index in [1.807, 2.05) is 0 Å². The van der Waals surface area contributed by atoms with E-state index in [1.165, 1.54) is 23.5 Å².